The lowest BCUT2D eigenvalue weighted by Crippen LogP contribution is -2.07. The van der Waals surface area contributed by atoms with Crippen LogP contribution in [0.25, 0.3) is 0 Å². The van der Waals surface area contributed by atoms with Crippen LogP contribution in [0, 0.1) is 11.7 Å². The van der Waals surface area contributed by atoms with Gasteiger partial charge in [0, 0.05) is 6.54 Å². The first-order valence-electron chi connectivity index (χ1n) is 6.55. The van der Waals surface area contributed by atoms with Gasteiger partial charge in [0.15, 0.2) is 0 Å². The van der Waals surface area contributed by atoms with E-state index < -0.39 is 0 Å². The molecule has 0 atom stereocenters. The minimum absolute atomic E-state index is 0.230. The highest BCUT2D eigenvalue weighted by molar-refractivity contribution is 5.66. The van der Waals surface area contributed by atoms with Crippen molar-refractivity contribution < 1.29 is 4.39 Å². The maximum Gasteiger partial charge on any atom is 0.148 e. The maximum absolute atomic E-state index is 13.2. The molecule has 17 heavy (non-hydrogen) atoms. The molecule has 0 radical (unpaired) electrons. The lowest BCUT2D eigenvalue weighted by atomic mass is 10.0. The van der Waals surface area contributed by atoms with Crippen molar-refractivity contribution in [1.29, 1.82) is 0 Å². The monoisotopic (exact) mass is 236 g/mol. The van der Waals surface area contributed by atoms with Gasteiger partial charge in [-0.25, -0.2) is 4.39 Å². The van der Waals surface area contributed by atoms with Crippen LogP contribution < -0.4 is 11.1 Å². The molecule has 1 fully saturated rings. The number of rotatable bonds is 5. The molecule has 0 saturated heterocycles. The number of anilines is 2. The Morgan fingerprint density at radius 1 is 1.29 bits per heavy atom. The minimum atomic E-state index is -0.342. The Morgan fingerprint density at radius 3 is 2.82 bits per heavy atom. The Hall–Kier alpha value is -1.25. The van der Waals surface area contributed by atoms with Gasteiger partial charge in [-0.15, -0.1) is 0 Å². The summed E-state index contributed by atoms with van der Waals surface area (Å²) in [6.45, 7) is 0.879. The summed E-state index contributed by atoms with van der Waals surface area (Å²) >= 11 is 0. The lowest BCUT2D eigenvalue weighted by molar-refractivity contribution is 0.491. The number of nitrogen functional groups attached to an aromatic ring is 1. The topological polar surface area (TPSA) is 38.0 Å². The Labute approximate surface area is 102 Å². The van der Waals surface area contributed by atoms with E-state index in [-0.39, 0.29) is 11.5 Å². The molecule has 0 amide bonds. The molecule has 0 aromatic heterocycles. The zero-order valence-corrected chi connectivity index (χ0v) is 10.2. The van der Waals surface area contributed by atoms with E-state index in [1.807, 2.05) is 6.07 Å². The summed E-state index contributed by atoms with van der Waals surface area (Å²) in [5.74, 6) is 0.576. The van der Waals surface area contributed by atoms with Crippen molar-refractivity contribution in [2.45, 2.75) is 38.5 Å². The van der Waals surface area contributed by atoms with E-state index in [0.29, 0.717) is 0 Å². The summed E-state index contributed by atoms with van der Waals surface area (Å²) < 4.78 is 13.2. The van der Waals surface area contributed by atoms with Crippen molar-refractivity contribution in [3.63, 3.8) is 0 Å². The largest absolute Gasteiger partial charge is 0.395 e. The quantitative estimate of drug-likeness (QED) is 0.603. The third-order valence-corrected chi connectivity index (χ3v) is 3.63. The van der Waals surface area contributed by atoms with Crippen LogP contribution in [0.1, 0.15) is 38.5 Å². The van der Waals surface area contributed by atoms with Gasteiger partial charge in [0.05, 0.1) is 11.4 Å². The predicted molar refractivity (Wildman–Crippen MR) is 70.5 cm³/mol. The summed E-state index contributed by atoms with van der Waals surface area (Å²) in [7, 11) is 0. The molecule has 1 aliphatic rings. The first kappa shape index (κ1) is 12.2. The Kier molecular flexibility index (Phi) is 4.24. The molecule has 0 heterocycles. The number of benzene rings is 1. The first-order chi connectivity index (χ1) is 8.27. The van der Waals surface area contributed by atoms with E-state index in [2.05, 4.69) is 5.32 Å². The van der Waals surface area contributed by atoms with Gasteiger partial charge in [0.25, 0.3) is 0 Å². The van der Waals surface area contributed by atoms with Crippen LogP contribution in [0.3, 0.4) is 0 Å². The number of para-hydroxylation sites is 1. The molecule has 0 unspecified atom stereocenters. The molecule has 94 valence electrons. The summed E-state index contributed by atoms with van der Waals surface area (Å²) in [6.07, 6.45) is 8.00. The van der Waals surface area contributed by atoms with Crippen LogP contribution in [0.15, 0.2) is 18.2 Å². The molecule has 0 bridgehead atoms. The van der Waals surface area contributed by atoms with Crippen LogP contribution in [0.2, 0.25) is 0 Å². The Morgan fingerprint density at radius 2 is 2.06 bits per heavy atom. The van der Waals surface area contributed by atoms with Crippen molar-refractivity contribution in [1.82, 2.24) is 0 Å². The summed E-state index contributed by atoms with van der Waals surface area (Å²) in [4.78, 5) is 0. The van der Waals surface area contributed by atoms with E-state index in [1.54, 1.807) is 6.07 Å². The number of nitrogens with one attached hydrogen (secondary N) is 1. The highest BCUT2D eigenvalue weighted by atomic mass is 19.1. The average Bonchev–Trinajstić information content (AvgIpc) is 2.83. The third kappa shape index (κ3) is 3.35. The van der Waals surface area contributed by atoms with Gasteiger partial charge in [-0.3, -0.25) is 0 Å². The molecular formula is C14H21FN2. The maximum atomic E-state index is 13.2. The standard InChI is InChI=1S/C14H21FN2/c15-12-8-3-9-13(14(12)16)17-10-4-7-11-5-1-2-6-11/h3,8-9,11,17H,1-2,4-7,10,16H2. The molecule has 0 spiro atoms. The van der Waals surface area contributed by atoms with Crippen LogP contribution in [0.5, 0.6) is 0 Å². The SMILES string of the molecule is Nc1c(F)cccc1NCCCC1CCCC1. The summed E-state index contributed by atoms with van der Waals surface area (Å²) in [5.41, 5.74) is 6.60. The zero-order valence-electron chi connectivity index (χ0n) is 10.2. The van der Waals surface area contributed by atoms with E-state index in [9.17, 15) is 4.39 Å². The molecule has 1 aromatic carbocycles. The number of halogens is 1. The fourth-order valence-corrected chi connectivity index (χ4v) is 2.60. The van der Waals surface area contributed by atoms with Gasteiger partial charge in [0.2, 0.25) is 0 Å². The molecule has 2 rings (SSSR count). The summed E-state index contributed by atoms with van der Waals surface area (Å²) in [5, 5.41) is 3.21. The highest BCUT2D eigenvalue weighted by Gasteiger charge is 2.14. The fourth-order valence-electron chi connectivity index (χ4n) is 2.60. The molecule has 1 aliphatic carbocycles. The molecular weight excluding hydrogens is 215 g/mol. The molecule has 3 N–H and O–H groups in total. The second kappa shape index (κ2) is 5.89. The lowest BCUT2D eigenvalue weighted by Gasteiger charge is -2.11. The third-order valence-electron chi connectivity index (χ3n) is 3.63. The highest BCUT2D eigenvalue weighted by Crippen LogP contribution is 2.28. The number of hydrogen-bond donors (Lipinski definition) is 2. The van der Waals surface area contributed by atoms with E-state index in [0.717, 1.165) is 24.6 Å². The normalized spacial score (nSPS) is 16.3. The van der Waals surface area contributed by atoms with E-state index in [4.69, 9.17) is 5.73 Å². The van der Waals surface area contributed by atoms with Crippen LogP contribution in [-0.4, -0.2) is 6.54 Å². The first-order valence-corrected chi connectivity index (χ1v) is 6.55. The number of hydrogen-bond acceptors (Lipinski definition) is 2. The second-order valence-corrected chi connectivity index (χ2v) is 4.92. The van der Waals surface area contributed by atoms with Gasteiger partial charge < -0.3 is 11.1 Å². The van der Waals surface area contributed by atoms with Crippen molar-refractivity contribution >= 4 is 11.4 Å². The van der Waals surface area contributed by atoms with Crippen molar-refractivity contribution in [3.05, 3.63) is 24.0 Å². The molecule has 1 saturated carbocycles. The van der Waals surface area contributed by atoms with Crippen LogP contribution in [0.4, 0.5) is 15.8 Å². The van der Waals surface area contributed by atoms with Crippen molar-refractivity contribution in [3.8, 4) is 0 Å². The van der Waals surface area contributed by atoms with Crippen molar-refractivity contribution in [2.24, 2.45) is 5.92 Å². The van der Waals surface area contributed by atoms with E-state index >= 15 is 0 Å². The molecule has 3 heteroatoms. The van der Waals surface area contributed by atoms with E-state index in [1.165, 1.54) is 38.2 Å². The van der Waals surface area contributed by atoms with Crippen molar-refractivity contribution in [2.75, 3.05) is 17.6 Å². The smallest absolute Gasteiger partial charge is 0.148 e. The molecule has 0 aliphatic heterocycles. The van der Waals surface area contributed by atoms with Gasteiger partial charge in [-0.05, 0) is 30.9 Å². The van der Waals surface area contributed by atoms with Gasteiger partial charge in [-0.2, -0.15) is 0 Å². The van der Waals surface area contributed by atoms with Crippen LogP contribution >= 0.6 is 0 Å². The summed E-state index contributed by atoms with van der Waals surface area (Å²) in [6, 6.07) is 4.90. The predicted octanol–water partition coefficient (Wildman–Crippen LogP) is 3.79. The Balaban J connectivity index is 1.72. The number of nitrogens with two attached hydrogens (primary N) is 1. The second-order valence-electron chi connectivity index (χ2n) is 4.92. The van der Waals surface area contributed by atoms with Gasteiger partial charge in [0.1, 0.15) is 5.82 Å². The van der Waals surface area contributed by atoms with Gasteiger partial charge in [-0.1, -0.05) is 31.7 Å². The zero-order chi connectivity index (χ0) is 12.1. The Bertz CT molecular complexity index is 359. The molecule has 2 nitrogen and oxygen atoms in total. The minimum Gasteiger partial charge on any atom is -0.395 e. The molecule has 1 aromatic rings. The van der Waals surface area contributed by atoms with Gasteiger partial charge >= 0.3 is 0 Å². The fraction of sp³-hybridized carbons (Fsp3) is 0.571. The van der Waals surface area contributed by atoms with Crippen LogP contribution in [-0.2, 0) is 0 Å². The average molecular weight is 236 g/mol.